The second-order valence-electron chi connectivity index (χ2n) is 1.23. The fourth-order valence-electron chi connectivity index (χ4n) is 0.370. The summed E-state index contributed by atoms with van der Waals surface area (Å²) in [4.78, 5) is 13.8. The van der Waals surface area contributed by atoms with E-state index in [9.17, 15) is 4.91 Å². The summed E-state index contributed by atoms with van der Waals surface area (Å²) in [5, 5.41) is 0. The molecular weight excluding hydrogens is 92.1 g/mol. The van der Waals surface area contributed by atoms with Gasteiger partial charge in [-0.05, 0) is 0 Å². The third-order valence-electron chi connectivity index (χ3n) is 0.665. The van der Waals surface area contributed by atoms with Crippen molar-refractivity contribution in [3.63, 3.8) is 0 Å². The Hall–Kier alpha value is -0.990. The number of aliphatic imine (C=N–C) groups is 1. The molecular formula is C4H5N2O+. The van der Waals surface area contributed by atoms with Gasteiger partial charge in [0.15, 0.2) is 0 Å². The Morgan fingerprint density at radius 2 is 2.57 bits per heavy atom. The first kappa shape index (κ1) is 4.18. The molecule has 0 spiro atoms. The van der Waals surface area contributed by atoms with Gasteiger partial charge in [0.05, 0.1) is 4.76 Å². The van der Waals surface area contributed by atoms with Crippen molar-refractivity contribution in [3.05, 3.63) is 17.2 Å². The molecule has 0 amide bonds. The van der Waals surface area contributed by atoms with Crippen LogP contribution in [0.3, 0.4) is 0 Å². The van der Waals surface area contributed by atoms with E-state index in [-0.39, 0.29) is 6.67 Å². The van der Waals surface area contributed by atoms with E-state index >= 15 is 0 Å². The number of hydrogen-bond acceptors (Lipinski definition) is 2. The highest BCUT2D eigenvalue weighted by Crippen LogP contribution is 1.82. The van der Waals surface area contributed by atoms with Crippen molar-refractivity contribution in [3.8, 4) is 0 Å². The van der Waals surface area contributed by atoms with Crippen LogP contribution >= 0.6 is 0 Å². The predicted molar refractivity (Wildman–Crippen MR) is 26.1 cm³/mol. The number of rotatable bonds is 0. The van der Waals surface area contributed by atoms with Crippen LogP contribution in [0.1, 0.15) is 0 Å². The predicted octanol–water partition coefficient (Wildman–Crippen LogP) is 0.321. The van der Waals surface area contributed by atoms with E-state index < -0.39 is 0 Å². The van der Waals surface area contributed by atoms with E-state index in [1.165, 1.54) is 6.20 Å². The van der Waals surface area contributed by atoms with Crippen molar-refractivity contribution in [2.24, 2.45) is 4.99 Å². The van der Waals surface area contributed by atoms with Gasteiger partial charge >= 0.3 is 0 Å². The smallest absolute Gasteiger partial charge is 0.224 e. The van der Waals surface area contributed by atoms with E-state index in [0.29, 0.717) is 0 Å². The molecule has 3 nitrogen and oxygen atoms in total. The van der Waals surface area contributed by atoms with Gasteiger partial charge in [-0.25, -0.2) is 4.99 Å². The van der Waals surface area contributed by atoms with Crippen LogP contribution in [0.4, 0.5) is 0 Å². The van der Waals surface area contributed by atoms with Gasteiger partial charge in [-0.15, -0.1) is 0 Å². The van der Waals surface area contributed by atoms with Gasteiger partial charge in [0.2, 0.25) is 6.20 Å². The highest BCUT2D eigenvalue weighted by molar-refractivity contribution is 5.70. The summed E-state index contributed by atoms with van der Waals surface area (Å²) in [5.41, 5.74) is 0. The van der Waals surface area contributed by atoms with Crippen molar-refractivity contribution in [1.29, 1.82) is 0 Å². The maximum absolute atomic E-state index is 10.2. The van der Waals surface area contributed by atoms with Crippen LogP contribution < -0.4 is 0 Å². The zero-order valence-corrected chi connectivity index (χ0v) is 3.74. The molecule has 1 aliphatic heterocycles. The van der Waals surface area contributed by atoms with Crippen LogP contribution in [0.2, 0.25) is 0 Å². The molecule has 0 saturated carbocycles. The summed E-state index contributed by atoms with van der Waals surface area (Å²) < 4.78 is 0.764. The topological polar surface area (TPSA) is 32.4 Å². The third kappa shape index (κ3) is 0.924. The molecule has 0 unspecified atom stereocenters. The van der Waals surface area contributed by atoms with Crippen molar-refractivity contribution in [2.45, 2.75) is 0 Å². The average Bonchev–Trinajstić information content (AvgIpc) is 1.69. The van der Waals surface area contributed by atoms with Crippen LogP contribution in [0.25, 0.3) is 0 Å². The third-order valence-corrected chi connectivity index (χ3v) is 0.665. The highest BCUT2D eigenvalue weighted by Gasteiger charge is 2.00. The van der Waals surface area contributed by atoms with Gasteiger partial charge in [-0.1, -0.05) is 0 Å². The van der Waals surface area contributed by atoms with Crippen molar-refractivity contribution < 1.29 is 4.76 Å². The van der Waals surface area contributed by atoms with E-state index in [4.69, 9.17) is 0 Å². The molecule has 1 rings (SSSR count). The van der Waals surface area contributed by atoms with Gasteiger partial charge in [-0.3, -0.25) is 0 Å². The normalized spacial score (nSPS) is 18.0. The zero-order chi connectivity index (χ0) is 5.11. The fourth-order valence-corrected chi connectivity index (χ4v) is 0.370. The van der Waals surface area contributed by atoms with Crippen LogP contribution in [0.5, 0.6) is 0 Å². The van der Waals surface area contributed by atoms with Gasteiger partial charge in [-0.2, -0.15) is 0 Å². The van der Waals surface area contributed by atoms with E-state index in [1.807, 2.05) is 0 Å². The van der Waals surface area contributed by atoms with Gasteiger partial charge in [0, 0.05) is 17.2 Å². The van der Waals surface area contributed by atoms with Crippen LogP contribution in [0.15, 0.2) is 17.3 Å². The lowest BCUT2D eigenvalue weighted by atomic mass is 10.6. The Balaban J connectivity index is 2.66. The molecule has 0 bridgehead atoms. The summed E-state index contributed by atoms with van der Waals surface area (Å²) in [6.45, 7) is 0.247. The summed E-state index contributed by atoms with van der Waals surface area (Å²) in [6, 6.07) is 0. The first-order valence-electron chi connectivity index (χ1n) is 2.00. The lowest BCUT2D eigenvalue weighted by Crippen LogP contribution is -2.01. The van der Waals surface area contributed by atoms with Crippen LogP contribution in [0, 0.1) is 4.91 Å². The quantitative estimate of drug-likeness (QED) is 0.400. The number of nitroso groups, excluding NO2 is 1. The molecule has 1 aliphatic rings. The zero-order valence-electron chi connectivity index (χ0n) is 3.74. The molecule has 0 radical (unpaired) electrons. The highest BCUT2D eigenvalue weighted by atomic mass is 16.3. The molecule has 0 atom stereocenters. The largest absolute Gasteiger partial charge is 0.289 e. The molecule has 0 aliphatic carbocycles. The average molecular weight is 97.1 g/mol. The molecule has 3 heteroatoms. The van der Waals surface area contributed by atoms with E-state index in [2.05, 4.69) is 4.99 Å². The van der Waals surface area contributed by atoms with Gasteiger partial charge < -0.3 is 0 Å². The standard InChI is InChI=1S/C4H5N2O/c7-6-3-1-2-5-4-6/h1-3H,4H2/q+1. The number of allylic oxidation sites excluding steroid dienone is 1. The van der Waals surface area contributed by atoms with Gasteiger partial charge in [0.25, 0.3) is 6.67 Å². The lowest BCUT2D eigenvalue weighted by molar-refractivity contribution is -0.478. The molecule has 0 aromatic heterocycles. The van der Waals surface area contributed by atoms with Crippen LogP contribution in [-0.2, 0) is 0 Å². The first-order valence-corrected chi connectivity index (χ1v) is 2.00. The molecule has 0 fully saturated rings. The monoisotopic (exact) mass is 97.0 g/mol. The van der Waals surface area contributed by atoms with Crippen LogP contribution in [-0.4, -0.2) is 17.6 Å². The second kappa shape index (κ2) is 1.64. The van der Waals surface area contributed by atoms with Crippen molar-refractivity contribution >= 4 is 6.21 Å². The molecule has 1 heterocycles. The molecule has 0 N–H and O–H groups in total. The van der Waals surface area contributed by atoms with Crippen molar-refractivity contribution in [2.75, 3.05) is 6.67 Å². The minimum atomic E-state index is 0.247. The summed E-state index contributed by atoms with van der Waals surface area (Å²) in [7, 11) is 0. The lowest BCUT2D eigenvalue weighted by Gasteiger charge is -1.81. The molecule has 0 aromatic rings. The second-order valence-corrected chi connectivity index (χ2v) is 1.23. The Labute approximate surface area is 40.9 Å². The SMILES string of the molecule is O=[N+]1C=CC=NC1. The Kier molecular flexibility index (Phi) is 0.978. The molecule has 7 heavy (non-hydrogen) atoms. The fraction of sp³-hybridized carbons (Fsp3) is 0.250. The summed E-state index contributed by atoms with van der Waals surface area (Å²) >= 11 is 0. The van der Waals surface area contributed by atoms with Crippen molar-refractivity contribution in [1.82, 2.24) is 0 Å². The molecule has 36 valence electrons. The molecule has 0 aromatic carbocycles. The Morgan fingerprint density at radius 1 is 1.71 bits per heavy atom. The minimum absolute atomic E-state index is 0.247. The minimum Gasteiger partial charge on any atom is -0.224 e. The Morgan fingerprint density at radius 3 is 2.86 bits per heavy atom. The first-order chi connectivity index (χ1) is 3.39. The van der Waals surface area contributed by atoms with E-state index in [0.717, 1.165) is 4.76 Å². The summed E-state index contributed by atoms with van der Waals surface area (Å²) in [6.07, 6.45) is 4.65. The number of hydrogen-bond donors (Lipinski definition) is 0. The molecule has 0 saturated heterocycles. The van der Waals surface area contributed by atoms with Gasteiger partial charge in [0.1, 0.15) is 0 Å². The number of nitrogens with zero attached hydrogens (tertiary/aromatic N) is 2. The summed E-state index contributed by atoms with van der Waals surface area (Å²) in [5.74, 6) is 0. The Bertz CT molecular complexity index is 137. The van der Waals surface area contributed by atoms with E-state index in [1.54, 1.807) is 12.3 Å². The maximum atomic E-state index is 10.2. The maximum Gasteiger partial charge on any atom is 0.289 e.